The number of nitrogens with zero attached hydrogens (tertiary/aromatic N) is 3. The molecular formula is C29H23BrClN3OS. The van der Waals surface area contributed by atoms with Crippen LogP contribution in [0.25, 0.3) is 11.8 Å². The van der Waals surface area contributed by atoms with Gasteiger partial charge in [-0.2, -0.15) is 0 Å². The molecule has 0 saturated carbocycles. The van der Waals surface area contributed by atoms with E-state index in [0.717, 1.165) is 51.0 Å². The fraction of sp³-hybridized carbons (Fsp3) is 0.172. The van der Waals surface area contributed by atoms with Gasteiger partial charge < -0.3 is 4.90 Å². The maximum Gasteiger partial charge on any atom is 0.271 e. The molecule has 2 heterocycles. The maximum atomic E-state index is 13.9. The van der Waals surface area contributed by atoms with Crippen molar-refractivity contribution < 1.29 is 0 Å². The number of anilines is 1. The number of halogens is 2. The summed E-state index contributed by atoms with van der Waals surface area (Å²) in [5.74, 6) is 0. The molecule has 1 aliphatic heterocycles. The van der Waals surface area contributed by atoms with E-state index in [0.29, 0.717) is 14.4 Å². The molecule has 3 aromatic carbocycles. The average Bonchev–Trinajstić information content (AvgIpc) is 3.17. The van der Waals surface area contributed by atoms with E-state index in [2.05, 4.69) is 46.3 Å². The number of thiazole rings is 1. The van der Waals surface area contributed by atoms with Gasteiger partial charge in [-0.3, -0.25) is 9.36 Å². The van der Waals surface area contributed by atoms with Crippen molar-refractivity contribution in [3.63, 3.8) is 0 Å². The highest BCUT2D eigenvalue weighted by Crippen LogP contribution is 2.42. The van der Waals surface area contributed by atoms with Crippen LogP contribution >= 0.6 is 38.9 Å². The largest absolute Gasteiger partial charge is 0.377 e. The van der Waals surface area contributed by atoms with E-state index in [4.69, 9.17) is 16.6 Å². The van der Waals surface area contributed by atoms with Gasteiger partial charge >= 0.3 is 0 Å². The van der Waals surface area contributed by atoms with Crippen LogP contribution in [0.4, 0.5) is 5.69 Å². The molecule has 4 aromatic rings. The Kier molecular flexibility index (Phi) is 5.98. The maximum absolute atomic E-state index is 13.9. The summed E-state index contributed by atoms with van der Waals surface area (Å²) in [6.45, 7) is 0. The zero-order chi connectivity index (χ0) is 25.0. The lowest BCUT2D eigenvalue weighted by atomic mass is 9.83. The first-order valence-electron chi connectivity index (χ1n) is 11.8. The van der Waals surface area contributed by atoms with Crippen LogP contribution < -0.4 is 19.8 Å². The Morgan fingerprint density at radius 3 is 2.64 bits per heavy atom. The van der Waals surface area contributed by atoms with Crippen molar-refractivity contribution in [2.75, 3.05) is 19.0 Å². The van der Waals surface area contributed by atoms with Gasteiger partial charge in [0.05, 0.1) is 22.0 Å². The molecule has 0 spiro atoms. The Labute approximate surface area is 226 Å². The summed E-state index contributed by atoms with van der Waals surface area (Å²) in [7, 11) is 4.01. The number of allylic oxidation sites excluding steroid dienone is 1. The normalized spacial score (nSPS) is 16.8. The molecule has 7 heteroatoms. The van der Waals surface area contributed by atoms with Crippen LogP contribution in [0.1, 0.15) is 34.7 Å². The standard InChI is InChI=1S/C29H23BrClN3OS/c1-33(2)24-14-11-17(15-22(24)30)16-25-28(35)34-27(20-9-5-6-10-23(20)31)21-13-12-18-7-3-4-8-19(18)26(21)32-29(34)36-25/h3-11,14-16,27H,12-13H2,1-2H3. The van der Waals surface area contributed by atoms with Gasteiger partial charge in [-0.1, -0.05) is 71.5 Å². The van der Waals surface area contributed by atoms with Crippen molar-refractivity contribution in [2.24, 2.45) is 4.99 Å². The summed E-state index contributed by atoms with van der Waals surface area (Å²) in [6, 6.07) is 22.1. The second-order valence-corrected chi connectivity index (χ2v) is 11.5. The molecule has 2 aliphatic rings. The number of fused-ring (bicyclic) bond motifs is 3. The van der Waals surface area contributed by atoms with Gasteiger partial charge in [-0.05, 0) is 75.3 Å². The van der Waals surface area contributed by atoms with Crippen molar-refractivity contribution in [3.05, 3.63) is 124 Å². The minimum atomic E-state index is -0.275. The second kappa shape index (κ2) is 9.18. The van der Waals surface area contributed by atoms with E-state index < -0.39 is 0 Å². The van der Waals surface area contributed by atoms with Gasteiger partial charge in [0, 0.05) is 29.2 Å². The summed E-state index contributed by atoms with van der Waals surface area (Å²) < 4.78 is 3.48. The Bertz CT molecular complexity index is 1730. The Morgan fingerprint density at radius 2 is 1.86 bits per heavy atom. The van der Waals surface area contributed by atoms with Gasteiger partial charge in [0.2, 0.25) is 0 Å². The molecule has 6 rings (SSSR count). The lowest BCUT2D eigenvalue weighted by Crippen LogP contribution is -2.38. The molecule has 180 valence electrons. The Morgan fingerprint density at radius 1 is 1.08 bits per heavy atom. The molecule has 1 aromatic heterocycles. The van der Waals surface area contributed by atoms with Gasteiger partial charge in [-0.15, -0.1) is 0 Å². The molecule has 0 N–H and O–H groups in total. The molecule has 0 fully saturated rings. The number of hydrogen-bond donors (Lipinski definition) is 0. The number of aromatic nitrogens is 1. The van der Waals surface area contributed by atoms with Gasteiger partial charge in [0.25, 0.3) is 5.56 Å². The highest BCUT2D eigenvalue weighted by atomic mass is 79.9. The molecule has 0 radical (unpaired) electrons. The summed E-state index contributed by atoms with van der Waals surface area (Å²) in [4.78, 5) is 21.7. The first kappa shape index (κ1) is 23.5. The van der Waals surface area contributed by atoms with E-state index >= 15 is 0 Å². The van der Waals surface area contributed by atoms with E-state index in [9.17, 15) is 4.79 Å². The molecule has 36 heavy (non-hydrogen) atoms. The first-order valence-corrected chi connectivity index (χ1v) is 13.8. The fourth-order valence-electron chi connectivity index (χ4n) is 5.12. The van der Waals surface area contributed by atoms with Crippen LogP contribution in [0.3, 0.4) is 0 Å². The van der Waals surface area contributed by atoms with Crippen LogP contribution in [0.5, 0.6) is 0 Å². The highest BCUT2D eigenvalue weighted by molar-refractivity contribution is 9.10. The van der Waals surface area contributed by atoms with Crippen molar-refractivity contribution in [3.8, 4) is 0 Å². The molecule has 0 saturated heterocycles. The summed E-state index contributed by atoms with van der Waals surface area (Å²) >= 11 is 11.8. The summed E-state index contributed by atoms with van der Waals surface area (Å²) in [6.07, 6.45) is 3.71. The summed E-state index contributed by atoms with van der Waals surface area (Å²) in [5.41, 5.74) is 7.51. The number of rotatable bonds is 3. The topological polar surface area (TPSA) is 37.6 Å². The molecule has 1 unspecified atom stereocenters. The van der Waals surface area contributed by atoms with Gasteiger partial charge in [0.1, 0.15) is 0 Å². The second-order valence-electron chi connectivity index (χ2n) is 9.24. The average molecular weight is 577 g/mol. The van der Waals surface area contributed by atoms with E-state index in [1.54, 1.807) is 0 Å². The lowest BCUT2D eigenvalue weighted by Gasteiger charge is -2.31. The zero-order valence-electron chi connectivity index (χ0n) is 19.8. The quantitative estimate of drug-likeness (QED) is 0.309. The van der Waals surface area contributed by atoms with E-state index in [1.807, 2.05) is 66.0 Å². The molecule has 0 amide bonds. The summed E-state index contributed by atoms with van der Waals surface area (Å²) in [5, 5.41) is 0.660. The molecule has 1 aliphatic carbocycles. The first-order chi connectivity index (χ1) is 17.4. The van der Waals surface area contributed by atoms with Crippen molar-refractivity contribution in [2.45, 2.75) is 18.9 Å². The van der Waals surface area contributed by atoms with Crippen LogP contribution in [0, 0.1) is 0 Å². The number of hydrogen-bond acceptors (Lipinski definition) is 4. The molecule has 4 nitrogen and oxygen atoms in total. The predicted molar refractivity (Wildman–Crippen MR) is 153 cm³/mol. The van der Waals surface area contributed by atoms with E-state index in [-0.39, 0.29) is 11.6 Å². The molecule has 1 atom stereocenters. The van der Waals surface area contributed by atoms with E-state index in [1.165, 1.54) is 16.9 Å². The molecular weight excluding hydrogens is 554 g/mol. The molecule has 0 bridgehead atoms. The Balaban J connectivity index is 1.59. The van der Waals surface area contributed by atoms with Crippen LogP contribution in [-0.4, -0.2) is 18.7 Å². The highest BCUT2D eigenvalue weighted by Gasteiger charge is 2.33. The fourth-order valence-corrected chi connectivity index (χ4v) is 7.11. The lowest BCUT2D eigenvalue weighted by molar-refractivity contribution is 0.585. The van der Waals surface area contributed by atoms with Crippen LogP contribution in [0.15, 0.2) is 86.6 Å². The van der Waals surface area contributed by atoms with Crippen molar-refractivity contribution in [1.82, 2.24) is 4.57 Å². The Hall–Kier alpha value is -2.93. The number of benzene rings is 3. The smallest absolute Gasteiger partial charge is 0.271 e. The monoisotopic (exact) mass is 575 g/mol. The minimum absolute atomic E-state index is 0.0399. The van der Waals surface area contributed by atoms with Gasteiger partial charge in [-0.25, -0.2) is 4.99 Å². The third-order valence-corrected chi connectivity index (χ3v) is 8.79. The third-order valence-electron chi connectivity index (χ3n) is 6.82. The zero-order valence-corrected chi connectivity index (χ0v) is 23.0. The minimum Gasteiger partial charge on any atom is -0.377 e. The van der Waals surface area contributed by atoms with Gasteiger partial charge in [0.15, 0.2) is 4.80 Å². The number of aryl methyl sites for hydroxylation is 1. The SMILES string of the molecule is CN(C)c1ccc(C=c2sc3n(c2=O)C(c2ccccc2Cl)C2=C(N=3)c3ccccc3CC2)cc1Br. The predicted octanol–water partition coefficient (Wildman–Crippen LogP) is 5.80. The van der Waals surface area contributed by atoms with Crippen molar-refractivity contribution >= 4 is 56.3 Å². The van der Waals surface area contributed by atoms with Crippen LogP contribution in [0.2, 0.25) is 5.02 Å². The third kappa shape index (κ3) is 3.88. The van der Waals surface area contributed by atoms with Crippen LogP contribution in [-0.2, 0) is 6.42 Å². The van der Waals surface area contributed by atoms with Crippen molar-refractivity contribution in [1.29, 1.82) is 0 Å².